The molecule has 0 aliphatic heterocycles. The molecule has 0 fully saturated rings. The fourth-order valence-corrected chi connectivity index (χ4v) is 8.09. The summed E-state index contributed by atoms with van der Waals surface area (Å²) in [5.74, 6) is 0. The Kier molecular flexibility index (Phi) is 6.67. The molecule has 8 aromatic carbocycles. The number of nitrogens with zero attached hydrogens (tertiary/aromatic N) is 2. The standard InChI is InChI=1S/C48H34N2/c1-3-13-33(14-4-1)37-29-40(31-41(30-37)50-46-21-11-9-19-43(46)44-20-10-12-22-47(44)50)49(38-16-5-2-6-17-38)39-28-27-35-24-26-36-25-23-34-15-7-8-18-42(34)48(36)45(35)32-39/h1-9,11-19,21-32H,10,20H2. The number of hydrogen-bond donors (Lipinski definition) is 0. The number of rotatable bonds is 5. The Morgan fingerprint density at radius 3 is 1.98 bits per heavy atom. The second-order valence-corrected chi connectivity index (χ2v) is 13.3. The van der Waals surface area contributed by atoms with Crippen molar-refractivity contribution in [2.24, 2.45) is 0 Å². The minimum absolute atomic E-state index is 1.06. The summed E-state index contributed by atoms with van der Waals surface area (Å²) >= 11 is 0. The lowest BCUT2D eigenvalue weighted by atomic mass is 9.96. The zero-order chi connectivity index (χ0) is 33.0. The maximum Gasteiger partial charge on any atom is 0.0537 e. The molecule has 0 amide bonds. The average molecular weight is 639 g/mol. The molecule has 0 bridgehead atoms. The smallest absolute Gasteiger partial charge is 0.0537 e. The van der Waals surface area contributed by atoms with E-state index in [1.165, 1.54) is 65.6 Å². The van der Waals surface area contributed by atoms with Gasteiger partial charge in [0.1, 0.15) is 0 Å². The van der Waals surface area contributed by atoms with Gasteiger partial charge in [-0.3, -0.25) is 0 Å². The summed E-state index contributed by atoms with van der Waals surface area (Å²) in [5, 5.41) is 8.93. The van der Waals surface area contributed by atoms with E-state index in [0.717, 1.165) is 35.6 Å². The van der Waals surface area contributed by atoms with Crippen molar-refractivity contribution in [2.75, 3.05) is 4.90 Å². The zero-order valence-corrected chi connectivity index (χ0v) is 27.6. The van der Waals surface area contributed by atoms with Gasteiger partial charge in [0.15, 0.2) is 0 Å². The monoisotopic (exact) mass is 638 g/mol. The highest BCUT2D eigenvalue weighted by atomic mass is 15.1. The molecule has 1 aliphatic rings. The fraction of sp³-hybridized carbons (Fsp3) is 0.0417. The minimum atomic E-state index is 1.06. The van der Waals surface area contributed by atoms with Crippen molar-refractivity contribution in [1.29, 1.82) is 0 Å². The van der Waals surface area contributed by atoms with E-state index in [1.54, 1.807) is 0 Å². The number of fused-ring (bicyclic) bond motifs is 8. The van der Waals surface area contributed by atoms with Gasteiger partial charge in [-0.15, -0.1) is 0 Å². The normalized spacial score (nSPS) is 12.6. The third-order valence-corrected chi connectivity index (χ3v) is 10.4. The molecule has 0 spiro atoms. The van der Waals surface area contributed by atoms with Crippen molar-refractivity contribution in [2.45, 2.75) is 12.8 Å². The van der Waals surface area contributed by atoms with Crippen LogP contribution in [0.5, 0.6) is 0 Å². The van der Waals surface area contributed by atoms with Gasteiger partial charge in [-0.25, -0.2) is 0 Å². The van der Waals surface area contributed by atoms with E-state index in [4.69, 9.17) is 0 Å². The predicted octanol–water partition coefficient (Wildman–Crippen LogP) is 13.2. The van der Waals surface area contributed by atoms with Crippen LogP contribution in [0, 0.1) is 0 Å². The number of allylic oxidation sites excluding steroid dienone is 1. The van der Waals surface area contributed by atoms with Gasteiger partial charge in [-0.1, -0.05) is 127 Å². The van der Waals surface area contributed by atoms with Crippen LogP contribution in [0.1, 0.15) is 17.7 Å². The maximum absolute atomic E-state index is 2.47. The van der Waals surface area contributed by atoms with Gasteiger partial charge in [-0.2, -0.15) is 0 Å². The Balaban J connectivity index is 1.26. The quantitative estimate of drug-likeness (QED) is 0.170. The maximum atomic E-state index is 2.47. The molecular weight excluding hydrogens is 605 g/mol. The molecule has 0 atom stereocenters. The summed E-state index contributed by atoms with van der Waals surface area (Å²) in [4.78, 5) is 2.42. The molecule has 0 unspecified atom stereocenters. The van der Waals surface area contributed by atoms with Gasteiger partial charge in [0.2, 0.25) is 0 Å². The van der Waals surface area contributed by atoms with Gasteiger partial charge in [0.25, 0.3) is 0 Å². The molecule has 0 N–H and O–H groups in total. The van der Waals surface area contributed by atoms with Crippen molar-refractivity contribution in [3.63, 3.8) is 0 Å². The largest absolute Gasteiger partial charge is 0.310 e. The summed E-state index contributed by atoms with van der Waals surface area (Å²) < 4.78 is 2.47. The van der Waals surface area contributed by atoms with Crippen LogP contribution < -0.4 is 4.90 Å². The summed E-state index contributed by atoms with van der Waals surface area (Å²) in [6.45, 7) is 0. The first-order chi connectivity index (χ1) is 24.8. The van der Waals surface area contributed by atoms with Crippen LogP contribution in [0.4, 0.5) is 17.1 Å². The Morgan fingerprint density at radius 1 is 0.460 bits per heavy atom. The SMILES string of the molecule is C1=Cc2c(c3ccccc3n2-c2cc(-c3ccccc3)cc(N(c3ccccc3)c3ccc4ccc5ccc6ccccc6c5c4c3)c2)CC1. The first-order valence-corrected chi connectivity index (χ1v) is 17.5. The van der Waals surface area contributed by atoms with Crippen molar-refractivity contribution in [3.8, 4) is 16.8 Å². The lowest BCUT2D eigenvalue weighted by Gasteiger charge is -2.27. The Morgan fingerprint density at radius 2 is 1.14 bits per heavy atom. The Labute approximate surface area is 291 Å². The summed E-state index contributed by atoms with van der Waals surface area (Å²) in [5.41, 5.74) is 10.9. The van der Waals surface area contributed by atoms with E-state index in [9.17, 15) is 0 Å². The third-order valence-electron chi connectivity index (χ3n) is 10.4. The highest BCUT2D eigenvalue weighted by molar-refractivity contribution is 6.20. The molecule has 2 nitrogen and oxygen atoms in total. The molecule has 1 heterocycles. The summed E-state index contributed by atoms with van der Waals surface area (Å²) in [7, 11) is 0. The van der Waals surface area contributed by atoms with Gasteiger partial charge in [0.05, 0.1) is 5.52 Å². The van der Waals surface area contributed by atoms with Crippen LogP contribution >= 0.6 is 0 Å². The molecule has 236 valence electrons. The van der Waals surface area contributed by atoms with Gasteiger partial charge in [-0.05, 0) is 116 Å². The van der Waals surface area contributed by atoms with Crippen LogP contribution in [0.2, 0.25) is 0 Å². The average Bonchev–Trinajstić information content (AvgIpc) is 3.53. The van der Waals surface area contributed by atoms with Crippen molar-refractivity contribution in [1.82, 2.24) is 4.57 Å². The van der Waals surface area contributed by atoms with E-state index in [0.29, 0.717) is 0 Å². The first kappa shape index (κ1) is 28.6. The minimum Gasteiger partial charge on any atom is -0.310 e. The van der Waals surface area contributed by atoms with E-state index in [1.807, 2.05) is 0 Å². The molecule has 2 heteroatoms. The van der Waals surface area contributed by atoms with Crippen LogP contribution in [0.25, 0.3) is 66.1 Å². The van der Waals surface area contributed by atoms with Gasteiger partial charge >= 0.3 is 0 Å². The van der Waals surface area contributed by atoms with E-state index < -0.39 is 0 Å². The van der Waals surface area contributed by atoms with Gasteiger partial charge < -0.3 is 9.47 Å². The Bertz CT molecular complexity index is 2750. The lowest BCUT2D eigenvalue weighted by Crippen LogP contribution is -2.11. The van der Waals surface area contributed by atoms with Crippen LogP contribution in [-0.4, -0.2) is 4.57 Å². The zero-order valence-electron chi connectivity index (χ0n) is 27.6. The van der Waals surface area contributed by atoms with E-state index >= 15 is 0 Å². The van der Waals surface area contributed by atoms with Crippen molar-refractivity contribution < 1.29 is 0 Å². The molecule has 1 aliphatic carbocycles. The number of aromatic nitrogens is 1. The van der Waals surface area contributed by atoms with Crippen molar-refractivity contribution in [3.05, 3.63) is 187 Å². The molecule has 0 radical (unpaired) electrons. The molecule has 9 aromatic rings. The van der Waals surface area contributed by atoms with Crippen LogP contribution in [0.15, 0.2) is 176 Å². The summed E-state index contributed by atoms with van der Waals surface area (Å²) in [6, 6.07) is 62.2. The number of aryl methyl sites for hydroxylation is 1. The lowest BCUT2D eigenvalue weighted by molar-refractivity contribution is 0.967. The predicted molar refractivity (Wildman–Crippen MR) is 213 cm³/mol. The molecule has 0 saturated heterocycles. The highest BCUT2D eigenvalue weighted by Gasteiger charge is 2.21. The number of hydrogen-bond acceptors (Lipinski definition) is 1. The van der Waals surface area contributed by atoms with E-state index in [-0.39, 0.29) is 0 Å². The molecule has 10 rings (SSSR count). The molecule has 1 aromatic heterocycles. The van der Waals surface area contributed by atoms with Crippen LogP contribution in [0.3, 0.4) is 0 Å². The highest BCUT2D eigenvalue weighted by Crippen LogP contribution is 2.43. The first-order valence-electron chi connectivity index (χ1n) is 17.5. The van der Waals surface area contributed by atoms with Crippen LogP contribution in [-0.2, 0) is 6.42 Å². The third kappa shape index (κ3) is 4.64. The summed E-state index contributed by atoms with van der Waals surface area (Å²) in [6.07, 6.45) is 6.77. The topological polar surface area (TPSA) is 8.17 Å². The Hall–Kier alpha value is -6.38. The van der Waals surface area contributed by atoms with Crippen molar-refractivity contribution >= 4 is 66.4 Å². The van der Waals surface area contributed by atoms with Gasteiger partial charge in [0, 0.05) is 33.8 Å². The number of benzene rings is 8. The fourth-order valence-electron chi connectivity index (χ4n) is 8.09. The second kappa shape index (κ2) is 11.6. The second-order valence-electron chi connectivity index (χ2n) is 13.3. The number of anilines is 3. The number of para-hydroxylation sites is 2. The molecule has 0 saturated carbocycles. The van der Waals surface area contributed by atoms with E-state index in [2.05, 4.69) is 191 Å². The molecule has 50 heavy (non-hydrogen) atoms. The molecular formula is C48H34N2.